The topological polar surface area (TPSA) is 179 Å². The van der Waals surface area contributed by atoms with Crippen LogP contribution in [0.1, 0.15) is 6.23 Å². The molecule has 1 saturated heterocycles. The van der Waals surface area contributed by atoms with E-state index >= 15 is 0 Å². The second-order valence-corrected chi connectivity index (χ2v) is 4.68. The van der Waals surface area contributed by atoms with E-state index in [9.17, 15) is 19.8 Å². The number of aromatic nitrogens is 4. The Bertz CT molecular complexity index is 793. The molecule has 3 heterocycles. The molecule has 1 fully saturated rings. The third-order valence-electron chi connectivity index (χ3n) is 3.37. The molecule has 0 aliphatic carbocycles. The number of H-pyrrole nitrogens is 2. The van der Waals surface area contributed by atoms with Crippen molar-refractivity contribution < 1.29 is 20.1 Å². The number of aromatic amines is 2. The summed E-state index contributed by atoms with van der Waals surface area (Å²) >= 11 is 0. The molecule has 114 valence electrons. The van der Waals surface area contributed by atoms with Crippen molar-refractivity contribution in [3.63, 3.8) is 0 Å². The lowest BCUT2D eigenvalue weighted by Gasteiger charge is -2.15. The first-order valence-corrected chi connectivity index (χ1v) is 6.06. The maximum atomic E-state index is 12.0. The van der Waals surface area contributed by atoms with Crippen molar-refractivity contribution >= 4 is 17.1 Å². The van der Waals surface area contributed by atoms with E-state index in [1.807, 2.05) is 0 Å². The van der Waals surface area contributed by atoms with Gasteiger partial charge in [0, 0.05) is 0 Å². The standard InChI is InChI=1S/C10H13N5O6/c11-9-13-6-3(7(19)14-9)12-10(20)15(6)8-5(18)4(17)2(1-16)21-8/h2,4-5,8,16-18H,1H2,(H,12,20)(H3,11,13,14,19)/t2-,4-,5+,8+/m0/s1. The molecule has 7 N–H and O–H groups in total. The Morgan fingerprint density at radius 1 is 1.29 bits per heavy atom. The summed E-state index contributed by atoms with van der Waals surface area (Å²) in [5.41, 5.74) is 3.77. The number of ether oxygens (including phenoxy) is 1. The summed E-state index contributed by atoms with van der Waals surface area (Å²) in [7, 11) is 0. The van der Waals surface area contributed by atoms with Crippen molar-refractivity contribution in [2.24, 2.45) is 0 Å². The molecule has 11 nitrogen and oxygen atoms in total. The SMILES string of the molecule is Nc1nc2c([nH]c(=O)n2[C@@H]2O[C@@H](CO)[C@H](O)[C@H]2O)c(=O)[nH]1. The Labute approximate surface area is 115 Å². The van der Waals surface area contributed by atoms with Gasteiger partial charge in [-0.25, -0.2) is 9.36 Å². The van der Waals surface area contributed by atoms with Crippen LogP contribution in [-0.2, 0) is 4.74 Å². The molecule has 3 rings (SSSR count). The zero-order valence-electron chi connectivity index (χ0n) is 10.6. The van der Waals surface area contributed by atoms with E-state index in [4.69, 9.17) is 15.6 Å². The molecule has 0 unspecified atom stereocenters. The third-order valence-corrected chi connectivity index (χ3v) is 3.37. The van der Waals surface area contributed by atoms with Crippen LogP contribution >= 0.6 is 0 Å². The number of hydrogen-bond acceptors (Lipinski definition) is 8. The highest BCUT2D eigenvalue weighted by Gasteiger charge is 2.44. The van der Waals surface area contributed by atoms with Gasteiger partial charge >= 0.3 is 5.69 Å². The number of aliphatic hydroxyl groups is 3. The molecule has 0 saturated carbocycles. The normalized spacial score (nSPS) is 29.3. The molecule has 0 amide bonds. The number of aliphatic hydroxyl groups excluding tert-OH is 3. The number of nitrogen functional groups attached to an aromatic ring is 1. The van der Waals surface area contributed by atoms with E-state index < -0.39 is 42.4 Å². The van der Waals surface area contributed by atoms with Gasteiger partial charge in [0.05, 0.1) is 6.61 Å². The van der Waals surface area contributed by atoms with Gasteiger partial charge in [0.25, 0.3) is 5.56 Å². The van der Waals surface area contributed by atoms with Gasteiger partial charge in [0.1, 0.15) is 18.3 Å². The third kappa shape index (κ3) is 1.94. The fourth-order valence-corrected chi connectivity index (χ4v) is 2.36. The van der Waals surface area contributed by atoms with Crippen LogP contribution in [0.3, 0.4) is 0 Å². The van der Waals surface area contributed by atoms with Crippen LogP contribution in [0.25, 0.3) is 11.2 Å². The van der Waals surface area contributed by atoms with E-state index in [0.29, 0.717) is 0 Å². The average Bonchev–Trinajstić information content (AvgIpc) is 2.89. The van der Waals surface area contributed by atoms with Crippen molar-refractivity contribution in [3.8, 4) is 0 Å². The highest BCUT2D eigenvalue weighted by atomic mass is 16.6. The smallest absolute Gasteiger partial charge is 0.330 e. The van der Waals surface area contributed by atoms with Crippen LogP contribution < -0.4 is 17.0 Å². The number of nitrogens with zero attached hydrogens (tertiary/aromatic N) is 2. The quantitative estimate of drug-likeness (QED) is 0.332. The predicted octanol–water partition coefficient (Wildman–Crippen LogP) is -3.39. The van der Waals surface area contributed by atoms with Crippen LogP contribution in [0, 0.1) is 0 Å². The molecule has 0 radical (unpaired) electrons. The van der Waals surface area contributed by atoms with Crippen molar-refractivity contribution in [2.45, 2.75) is 24.5 Å². The van der Waals surface area contributed by atoms with Crippen LogP contribution in [-0.4, -0.2) is 59.8 Å². The Morgan fingerprint density at radius 2 is 2.00 bits per heavy atom. The lowest BCUT2D eigenvalue weighted by molar-refractivity contribution is -0.0524. The molecular formula is C10H13N5O6. The number of fused-ring (bicyclic) bond motifs is 1. The Balaban J connectivity index is 2.20. The Kier molecular flexibility index (Phi) is 3.06. The predicted molar refractivity (Wildman–Crippen MR) is 68.4 cm³/mol. The van der Waals surface area contributed by atoms with Crippen molar-refractivity contribution in [2.75, 3.05) is 12.3 Å². The van der Waals surface area contributed by atoms with Gasteiger partial charge in [-0.3, -0.25) is 14.8 Å². The minimum Gasteiger partial charge on any atom is -0.394 e. The van der Waals surface area contributed by atoms with E-state index in [1.54, 1.807) is 0 Å². The van der Waals surface area contributed by atoms with Crippen molar-refractivity contribution in [1.82, 2.24) is 19.5 Å². The molecule has 0 aromatic carbocycles. The van der Waals surface area contributed by atoms with Gasteiger partial charge in [0.15, 0.2) is 17.4 Å². The first kappa shape index (κ1) is 13.8. The average molecular weight is 299 g/mol. The van der Waals surface area contributed by atoms with Crippen molar-refractivity contribution in [3.05, 3.63) is 20.8 Å². The first-order chi connectivity index (χ1) is 9.93. The fraction of sp³-hybridized carbons (Fsp3) is 0.500. The number of anilines is 1. The van der Waals surface area contributed by atoms with Gasteiger partial charge in [-0.05, 0) is 0 Å². The van der Waals surface area contributed by atoms with Gasteiger partial charge in [-0.2, -0.15) is 4.98 Å². The molecule has 4 atom stereocenters. The lowest BCUT2D eigenvalue weighted by atomic mass is 10.1. The molecule has 2 aromatic heterocycles. The fourth-order valence-electron chi connectivity index (χ4n) is 2.36. The summed E-state index contributed by atoms with van der Waals surface area (Å²) in [6.45, 7) is -0.540. The summed E-state index contributed by atoms with van der Waals surface area (Å²) in [6.07, 6.45) is -5.20. The number of hydrogen-bond donors (Lipinski definition) is 6. The molecule has 1 aliphatic rings. The monoisotopic (exact) mass is 299 g/mol. The number of nitrogens with two attached hydrogens (primary N) is 1. The molecule has 1 aliphatic heterocycles. The van der Waals surface area contributed by atoms with Crippen LogP contribution in [0.4, 0.5) is 5.95 Å². The van der Waals surface area contributed by atoms with Crippen LogP contribution in [0.15, 0.2) is 9.59 Å². The summed E-state index contributed by atoms with van der Waals surface area (Å²) in [6, 6.07) is 0. The maximum absolute atomic E-state index is 12.0. The van der Waals surface area contributed by atoms with Crippen molar-refractivity contribution in [1.29, 1.82) is 0 Å². The number of imidazole rings is 1. The van der Waals surface area contributed by atoms with E-state index in [0.717, 1.165) is 4.57 Å². The van der Waals surface area contributed by atoms with Gasteiger partial charge < -0.3 is 25.8 Å². The van der Waals surface area contributed by atoms with E-state index in [2.05, 4.69) is 15.0 Å². The largest absolute Gasteiger partial charge is 0.394 e. The molecular weight excluding hydrogens is 286 g/mol. The zero-order valence-corrected chi connectivity index (χ0v) is 10.6. The van der Waals surface area contributed by atoms with Crippen LogP contribution in [0.2, 0.25) is 0 Å². The van der Waals surface area contributed by atoms with Gasteiger partial charge in [0.2, 0.25) is 5.95 Å². The summed E-state index contributed by atoms with van der Waals surface area (Å²) < 4.78 is 6.13. The zero-order chi connectivity index (χ0) is 15.3. The Morgan fingerprint density at radius 3 is 2.62 bits per heavy atom. The summed E-state index contributed by atoms with van der Waals surface area (Å²) in [5.74, 6) is -0.216. The highest BCUT2D eigenvalue weighted by molar-refractivity contribution is 5.70. The molecule has 0 bridgehead atoms. The number of rotatable bonds is 2. The number of nitrogens with one attached hydrogen (secondary N) is 2. The van der Waals surface area contributed by atoms with Crippen LogP contribution in [0.5, 0.6) is 0 Å². The molecule has 2 aromatic rings. The minimum atomic E-state index is -1.47. The Hall–Kier alpha value is -2.21. The summed E-state index contributed by atoms with van der Waals surface area (Å²) in [4.78, 5) is 32.0. The first-order valence-electron chi connectivity index (χ1n) is 6.06. The molecule has 0 spiro atoms. The second-order valence-electron chi connectivity index (χ2n) is 4.68. The second kappa shape index (κ2) is 4.66. The highest BCUT2D eigenvalue weighted by Crippen LogP contribution is 2.29. The minimum absolute atomic E-state index is 0.115. The molecule has 21 heavy (non-hydrogen) atoms. The van der Waals surface area contributed by atoms with E-state index in [1.165, 1.54) is 0 Å². The van der Waals surface area contributed by atoms with Gasteiger partial charge in [-0.15, -0.1) is 0 Å². The summed E-state index contributed by atoms with van der Waals surface area (Å²) in [5, 5.41) is 28.7. The van der Waals surface area contributed by atoms with Gasteiger partial charge in [-0.1, -0.05) is 0 Å². The molecule has 11 heteroatoms. The lowest BCUT2D eigenvalue weighted by Crippen LogP contribution is -2.35. The maximum Gasteiger partial charge on any atom is 0.330 e. The van der Waals surface area contributed by atoms with E-state index in [-0.39, 0.29) is 17.1 Å².